The Hall–Kier alpha value is -2.89. The minimum atomic E-state index is 0.591. The van der Waals surface area contributed by atoms with E-state index in [1.165, 1.54) is 0 Å². The van der Waals surface area contributed by atoms with Crippen molar-refractivity contribution in [3.8, 4) is 28.7 Å². The van der Waals surface area contributed by atoms with Crippen LogP contribution in [0, 0.1) is 6.92 Å². The summed E-state index contributed by atoms with van der Waals surface area (Å²) in [5, 5.41) is 8.47. The van der Waals surface area contributed by atoms with Gasteiger partial charge in [0.05, 0.1) is 13.7 Å². The third-order valence-corrected chi connectivity index (χ3v) is 3.44. The molecule has 0 spiro atoms. The molecule has 6 nitrogen and oxygen atoms in total. The smallest absolute Gasteiger partial charge is 0.213 e. The lowest BCUT2D eigenvalue weighted by molar-refractivity contribution is 0.327. The molecule has 0 aliphatic rings. The summed E-state index contributed by atoms with van der Waals surface area (Å²) in [4.78, 5) is 4.29. The van der Waals surface area contributed by atoms with E-state index < -0.39 is 0 Å². The maximum Gasteiger partial charge on any atom is 0.213 e. The first-order chi connectivity index (χ1) is 11.2. The number of pyridine rings is 1. The summed E-state index contributed by atoms with van der Waals surface area (Å²) in [5.41, 5.74) is 1.85. The Labute approximate surface area is 134 Å². The Morgan fingerprint density at radius 2 is 1.83 bits per heavy atom. The van der Waals surface area contributed by atoms with E-state index in [9.17, 15) is 0 Å². The monoisotopic (exact) mass is 310 g/mol. The van der Waals surface area contributed by atoms with Crippen LogP contribution in [0.4, 0.5) is 0 Å². The Morgan fingerprint density at radius 3 is 2.43 bits per heavy atom. The minimum Gasteiger partial charge on any atom is -0.497 e. The molecule has 2 aromatic heterocycles. The number of rotatable bonds is 5. The van der Waals surface area contributed by atoms with Crippen molar-refractivity contribution >= 4 is 0 Å². The summed E-state index contributed by atoms with van der Waals surface area (Å²) in [5.74, 6) is 2.95. The van der Waals surface area contributed by atoms with Crippen LogP contribution < -0.4 is 9.47 Å². The Kier molecular flexibility index (Phi) is 4.23. The van der Waals surface area contributed by atoms with Crippen LogP contribution in [0.15, 0.2) is 42.6 Å². The molecular formula is C17H18N4O2. The lowest BCUT2D eigenvalue weighted by Gasteiger charge is -2.10. The topological polar surface area (TPSA) is 62.1 Å². The molecule has 0 fully saturated rings. The second kappa shape index (κ2) is 6.48. The molecule has 0 bridgehead atoms. The van der Waals surface area contributed by atoms with Gasteiger partial charge in [-0.1, -0.05) is 0 Å². The number of hydrogen-bond donors (Lipinski definition) is 0. The van der Waals surface area contributed by atoms with Gasteiger partial charge in [0.25, 0.3) is 0 Å². The lowest BCUT2D eigenvalue weighted by atomic mass is 10.2. The highest BCUT2D eigenvalue weighted by molar-refractivity contribution is 5.58. The molecule has 3 aromatic rings. The Balaban J connectivity index is 2.00. The second-order valence-electron chi connectivity index (χ2n) is 4.92. The van der Waals surface area contributed by atoms with E-state index in [1.807, 2.05) is 54.8 Å². The summed E-state index contributed by atoms with van der Waals surface area (Å²) in [6, 6.07) is 11.5. The number of methoxy groups -OCH3 is 1. The van der Waals surface area contributed by atoms with Crippen molar-refractivity contribution in [2.75, 3.05) is 13.7 Å². The Morgan fingerprint density at radius 1 is 1.04 bits per heavy atom. The van der Waals surface area contributed by atoms with E-state index >= 15 is 0 Å². The highest BCUT2D eigenvalue weighted by atomic mass is 16.5. The second-order valence-corrected chi connectivity index (χ2v) is 4.92. The van der Waals surface area contributed by atoms with Gasteiger partial charge in [-0.15, -0.1) is 10.2 Å². The van der Waals surface area contributed by atoms with Gasteiger partial charge in [0, 0.05) is 23.5 Å². The minimum absolute atomic E-state index is 0.591. The summed E-state index contributed by atoms with van der Waals surface area (Å²) in [6.07, 6.45) is 1.74. The zero-order chi connectivity index (χ0) is 16.2. The molecule has 0 radical (unpaired) electrons. The number of hydrogen-bond acceptors (Lipinski definition) is 5. The first-order valence-electron chi connectivity index (χ1n) is 7.38. The zero-order valence-corrected chi connectivity index (χ0v) is 13.4. The van der Waals surface area contributed by atoms with E-state index in [1.54, 1.807) is 13.3 Å². The van der Waals surface area contributed by atoms with Gasteiger partial charge in [0.2, 0.25) is 5.88 Å². The predicted octanol–water partition coefficient (Wildman–Crippen LogP) is 3.05. The summed E-state index contributed by atoms with van der Waals surface area (Å²) >= 11 is 0. The van der Waals surface area contributed by atoms with E-state index in [0.717, 1.165) is 28.6 Å². The molecule has 0 amide bonds. The van der Waals surface area contributed by atoms with Crippen LogP contribution in [-0.4, -0.2) is 33.5 Å². The van der Waals surface area contributed by atoms with Crippen LogP contribution in [0.25, 0.3) is 17.1 Å². The number of nitrogens with zero attached hydrogens (tertiary/aromatic N) is 4. The molecule has 0 aliphatic heterocycles. The normalized spacial score (nSPS) is 10.6. The molecule has 23 heavy (non-hydrogen) atoms. The Bertz CT molecular complexity index is 779. The molecule has 0 saturated carbocycles. The first-order valence-corrected chi connectivity index (χ1v) is 7.38. The maximum absolute atomic E-state index is 5.37. The standard InChI is InChI=1S/C17H18N4O2/c1-4-23-16-10-5-13(11-18-16)17-20-19-12(2)21(17)14-6-8-15(22-3)9-7-14/h5-11H,4H2,1-3H3. The van der Waals surface area contributed by atoms with Gasteiger partial charge in [-0.25, -0.2) is 4.98 Å². The SMILES string of the molecule is CCOc1ccc(-c2nnc(C)n2-c2ccc(OC)cc2)cn1. The molecule has 0 aliphatic carbocycles. The molecule has 118 valence electrons. The van der Waals surface area contributed by atoms with Gasteiger partial charge in [0.1, 0.15) is 11.6 Å². The average Bonchev–Trinajstić information content (AvgIpc) is 2.97. The van der Waals surface area contributed by atoms with Crippen LogP contribution in [0.3, 0.4) is 0 Å². The zero-order valence-electron chi connectivity index (χ0n) is 13.4. The fraction of sp³-hybridized carbons (Fsp3) is 0.235. The van der Waals surface area contributed by atoms with Crippen molar-refractivity contribution in [1.29, 1.82) is 0 Å². The van der Waals surface area contributed by atoms with Crippen molar-refractivity contribution in [3.05, 3.63) is 48.4 Å². The van der Waals surface area contributed by atoms with E-state index in [0.29, 0.717) is 12.5 Å². The quantitative estimate of drug-likeness (QED) is 0.725. The number of benzene rings is 1. The fourth-order valence-electron chi connectivity index (χ4n) is 2.34. The number of ether oxygens (including phenoxy) is 2. The molecule has 3 rings (SSSR count). The van der Waals surface area contributed by atoms with Crippen LogP contribution >= 0.6 is 0 Å². The summed E-state index contributed by atoms with van der Waals surface area (Å²) in [7, 11) is 1.65. The van der Waals surface area contributed by atoms with Gasteiger partial charge in [-0.3, -0.25) is 4.57 Å². The summed E-state index contributed by atoms with van der Waals surface area (Å²) in [6.45, 7) is 4.44. The van der Waals surface area contributed by atoms with Gasteiger partial charge >= 0.3 is 0 Å². The van der Waals surface area contributed by atoms with Crippen LogP contribution in [0.1, 0.15) is 12.7 Å². The molecule has 0 saturated heterocycles. The van der Waals surface area contributed by atoms with Crippen molar-refractivity contribution in [2.24, 2.45) is 0 Å². The van der Waals surface area contributed by atoms with E-state index in [4.69, 9.17) is 9.47 Å². The predicted molar refractivity (Wildman–Crippen MR) is 87.0 cm³/mol. The molecule has 6 heteroatoms. The molecule has 0 N–H and O–H groups in total. The van der Waals surface area contributed by atoms with E-state index in [2.05, 4.69) is 15.2 Å². The van der Waals surface area contributed by atoms with Crippen molar-refractivity contribution in [1.82, 2.24) is 19.7 Å². The highest BCUT2D eigenvalue weighted by Crippen LogP contribution is 2.24. The van der Waals surface area contributed by atoms with Crippen LogP contribution in [-0.2, 0) is 0 Å². The van der Waals surface area contributed by atoms with Crippen molar-refractivity contribution in [3.63, 3.8) is 0 Å². The molecule has 2 heterocycles. The number of aromatic nitrogens is 4. The average molecular weight is 310 g/mol. The van der Waals surface area contributed by atoms with Crippen molar-refractivity contribution in [2.45, 2.75) is 13.8 Å². The van der Waals surface area contributed by atoms with Gasteiger partial charge in [0.15, 0.2) is 5.82 Å². The van der Waals surface area contributed by atoms with E-state index in [-0.39, 0.29) is 0 Å². The molecule has 0 unspecified atom stereocenters. The molecule has 0 atom stereocenters. The van der Waals surface area contributed by atoms with Gasteiger partial charge in [-0.05, 0) is 44.2 Å². The molecular weight excluding hydrogens is 292 g/mol. The van der Waals surface area contributed by atoms with Crippen LogP contribution in [0.5, 0.6) is 11.6 Å². The first kappa shape index (κ1) is 15.0. The van der Waals surface area contributed by atoms with Gasteiger partial charge < -0.3 is 9.47 Å². The molecule has 1 aromatic carbocycles. The summed E-state index contributed by atoms with van der Waals surface area (Å²) < 4.78 is 12.6. The number of aryl methyl sites for hydroxylation is 1. The third-order valence-electron chi connectivity index (χ3n) is 3.44. The van der Waals surface area contributed by atoms with Crippen molar-refractivity contribution < 1.29 is 9.47 Å². The largest absolute Gasteiger partial charge is 0.497 e. The maximum atomic E-state index is 5.37. The van der Waals surface area contributed by atoms with Gasteiger partial charge in [-0.2, -0.15) is 0 Å². The lowest BCUT2D eigenvalue weighted by Crippen LogP contribution is -2.01. The third kappa shape index (κ3) is 3.01. The fourth-order valence-corrected chi connectivity index (χ4v) is 2.34. The highest BCUT2D eigenvalue weighted by Gasteiger charge is 2.13. The van der Waals surface area contributed by atoms with Crippen LogP contribution in [0.2, 0.25) is 0 Å².